The van der Waals surface area contributed by atoms with Crippen LogP contribution in [0.5, 0.6) is 11.5 Å². The van der Waals surface area contributed by atoms with Gasteiger partial charge in [-0.3, -0.25) is 0 Å². The molecule has 3 rings (SSSR count). The molecule has 92 valence electrons. The van der Waals surface area contributed by atoms with Crippen LogP contribution in [0.4, 0.5) is 0 Å². The quantitative estimate of drug-likeness (QED) is 0.810. The van der Waals surface area contributed by atoms with Gasteiger partial charge in [0.05, 0.1) is 0 Å². The molecule has 0 amide bonds. The largest absolute Gasteiger partial charge is 0.486 e. The van der Waals surface area contributed by atoms with Crippen LogP contribution in [0.1, 0.15) is 37.7 Å². The van der Waals surface area contributed by atoms with E-state index >= 15 is 0 Å². The van der Waals surface area contributed by atoms with Gasteiger partial charge in [0.1, 0.15) is 13.2 Å². The van der Waals surface area contributed by atoms with Gasteiger partial charge in [-0.1, -0.05) is 25.3 Å². The molecule has 17 heavy (non-hydrogen) atoms. The Hall–Kier alpha value is -1.22. The lowest BCUT2D eigenvalue weighted by Crippen LogP contribution is -2.38. The van der Waals surface area contributed by atoms with E-state index in [-0.39, 0.29) is 5.54 Å². The van der Waals surface area contributed by atoms with Crippen molar-refractivity contribution >= 4 is 0 Å². The molecule has 0 saturated heterocycles. The Balaban J connectivity index is 1.92. The van der Waals surface area contributed by atoms with E-state index in [0.717, 1.165) is 24.3 Å². The highest BCUT2D eigenvalue weighted by atomic mass is 16.6. The van der Waals surface area contributed by atoms with Crippen molar-refractivity contribution < 1.29 is 9.47 Å². The predicted octanol–water partition coefficient (Wildman–Crippen LogP) is 2.58. The SMILES string of the molecule is NC1(c2ccc3c(c2)OCCO3)CCCCC1. The summed E-state index contributed by atoms with van der Waals surface area (Å²) in [5.74, 6) is 1.70. The second kappa shape index (κ2) is 4.22. The summed E-state index contributed by atoms with van der Waals surface area (Å²) in [7, 11) is 0. The molecule has 1 aliphatic carbocycles. The maximum atomic E-state index is 6.52. The van der Waals surface area contributed by atoms with E-state index in [1.54, 1.807) is 0 Å². The van der Waals surface area contributed by atoms with Gasteiger partial charge in [0.15, 0.2) is 11.5 Å². The standard InChI is InChI=1S/C14H19NO2/c15-14(6-2-1-3-7-14)11-4-5-12-13(10-11)17-9-8-16-12/h4-5,10H,1-3,6-9,15H2. The molecular formula is C14H19NO2. The Morgan fingerprint density at radius 2 is 1.65 bits per heavy atom. The second-order valence-electron chi connectivity index (χ2n) is 5.08. The number of ether oxygens (including phenoxy) is 2. The lowest BCUT2D eigenvalue weighted by molar-refractivity contribution is 0.170. The average Bonchev–Trinajstić information content (AvgIpc) is 2.39. The molecule has 1 fully saturated rings. The molecule has 1 heterocycles. The molecule has 2 aliphatic rings. The second-order valence-corrected chi connectivity index (χ2v) is 5.08. The molecule has 0 radical (unpaired) electrons. The zero-order valence-corrected chi connectivity index (χ0v) is 10.1. The predicted molar refractivity (Wildman–Crippen MR) is 66.4 cm³/mol. The molecule has 0 atom stereocenters. The fourth-order valence-corrected chi connectivity index (χ4v) is 2.82. The van der Waals surface area contributed by atoms with Gasteiger partial charge in [0.25, 0.3) is 0 Å². The van der Waals surface area contributed by atoms with Crippen LogP contribution in [0.15, 0.2) is 18.2 Å². The van der Waals surface area contributed by atoms with Crippen molar-refractivity contribution in [3.05, 3.63) is 23.8 Å². The van der Waals surface area contributed by atoms with Crippen LogP contribution in [0.3, 0.4) is 0 Å². The molecule has 1 aliphatic heterocycles. The molecule has 3 heteroatoms. The van der Waals surface area contributed by atoms with E-state index in [4.69, 9.17) is 15.2 Å². The highest BCUT2D eigenvalue weighted by Gasteiger charge is 2.30. The summed E-state index contributed by atoms with van der Waals surface area (Å²) in [6.45, 7) is 1.27. The van der Waals surface area contributed by atoms with Crippen LogP contribution >= 0.6 is 0 Å². The molecule has 1 aromatic carbocycles. The van der Waals surface area contributed by atoms with E-state index in [2.05, 4.69) is 12.1 Å². The van der Waals surface area contributed by atoms with Gasteiger partial charge < -0.3 is 15.2 Å². The highest BCUT2D eigenvalue weighted by Crippen LogP contribution is 2.39. The maximum absolute atomic E-state index is 6.52. The van der Waals surface area contributed by atoms with E-state index in [9.17, 15) is 0 Å². The van der Waals surface area contributed by atoms with Crippen molar-refractivity contribution in [1.29, 1.82) is 0 Å². The fraction of sp³-hybridized carbons (Fsp3) is 0.571. The van der Waals surface area contributed by atoms with Crippen molar-refractivity contribution in [1.82, 2.24) is 0 Å². The summed E-state index contributed by atoms with van der Waals surface area (Å²) < 4.78 is 11.2. The van der Waals surface area contributed by atoms with Gasteiger partial charge in [0.2, 0.25) is 0 Å². The highest BCUT2D eigenvalue weighted by molar-refractivity contribution is 5.45. The van der Waals surface area contributed by atoms with Gasteiger partial charge in [-0.2, -0.15) is 0 Å². The molecule has 0 spiro atoms. The minimum Gasteiger partial charge on any atom is -0.486 e. The van der Waals surface area contributed by atoms with Crippen molar-refractivity contribution in [2.75, 3.05) is 13.2 Å². The maximum Gasteiger partial charge on any atom is 0.161 e. The number of hydrogen-bond acceptors (Lipinski definition) is 3. The first-order valence-corrected chi connectivity index (χ1v) is 6.47. The third-order valence-electron chi connectivity index (χ3n) is 3.86. The van der Waals surface area contributed by atoms with Gasteiger partial charge in [-0.05, 0) is 30.5 Å². The number of rotatable bonds is 1. The van der Waals surface area contributed by atoms with Crippen molar-refractivity contribution in [3.63, 3.8) is 0 Å². The Labute approximate surface area is 102 Å². The molecular weight excluding hydrogens is 214 g/mol. The minimum atomic E-state index is -0.159. The normalized spacial score (nSPS) is 22.2. The molecule has 1 saturated carbocycles. The van der Waals surface area contributed by atoms with Crippen LogP contribution in [-0.2, 0) is 5.54 Å². The number of benzene rings is 1. The third-order valence-corrected chi connectivity index (χ3v) is 3.86. The first kappa shape index (κ1) is 10.9. The monoisotopic (exact) mass is 233 g/mol. The zero-order chi connectivity index (χ0) is 11.7. The van der Waals surface area contributed by atoms with Crippen LogP contribution in [-0.4, -0.2) is 13.2 Å². The van der Waals surface area contributed by atoms with Crippen molar-refractivity contribution in [3.8, 4) is 11.5 Å². The Bertz CT molecular complexity index is 411. The van der Waals surface area contributed by atoms with E-state index in [0.29, 0.717) is 13.2 Å². The first-order chi connectivity index (χ1) is 8.28. The first-order valence-electron chi connectivity index (χ1n) is 6.47. The topological polar surface area (TPSA) is 44.5 Å². The Kier molecular flexibility index (Phi) is 2.71. The number of nitrogens with two attached hydrogens (primary N) is 1. The van der Waals surface area contributed by atoms with Gasteiger partial charge in [-0.25, -0.2) is 0 Å². The molecule has 1 aromatic rings. The molecule has 3 nitrogen and oxygen atoms in total. The average molecular weight is 233 g/mol. The summed E-state index contributed by atoms with van der Waals surface area (Å²) in [4.78, 5) is 0. The zero-order valence-electron chi connectivity index (χ0n) is 10.1. The smallest absolute Gasteiger partial charge is 0.161 e. The van der Waals surface area contributed by atoms with E-state index < -0.39 is 0 Å². The third kappa shape index (κ3) is 2.00. The fourth-order valence-electron chi connectivity index (χ4n) is 2.82. The lowest BCUT2D eigenvalue weighted by Gasteiger charge is -2.34. The summed E-state index contributed by atoms with van der Waals surface area (Å²) in [5, 5.41) is 0. The summed E-state index contributed by atoms with van der Waals surface area (Å²) in [6, 6.07) is 6.16. The Morgan fingerprint density at radius 3 is 2.41 bits per heavy atom. The molecule has 0 unspecified atom stereocenters. The van der Waals surface area contributed by atoms with Gasteiger partial charge in [-0.15, -0.1) is 0 Å². The molecule has 2 N–H and O–H groups in total. The van der Waals surface area contributed by atoms with Gasteiger partial charge in [0, 0.05) is 5.54 Å². The lowest BCUT2D eigenvalue weighted by atomic mass is 9.77. The number of hydrogen-bond donors (Lipinski definition) is 1. The van der Waals surface area contributed by atoms with Crippen LogP contribution < -0.4 is 15.2 Å². The van der Waals surface area contributed by atoms with Crippen molar-refractivity contribution in [2.24, 2.45) is 5.73 Å². The van der Waals surface area contributed by atoms with Crippen LogP contribution in [0.25, 0.3) is 0 Å². The van der Waals surface area contributed by atoms with E-state index in [1.165, 1.54) is 24.8 Å². The summed E-state index contributed by atoms with van der Waals surface area (Å²) in [6.07, 6.45) is 5.92. The molecule has 0 aromatic heterocycles. The summed E-state index contributed by atoms with van der Waals surface area (Å²) in [5.41, 5.74) is 7.55. The van der Waals surface area contributed by atoms with Gasteiger partial charge >= 0.3 is 0 Å². The van der Waals surface area contributed by atoms with Crippen LogP contribution in [0.2, 0.25) is 0 Å². The van der Waals surface area contributed by atoms with Crippen LogP contribution in [0, 0.1) is 0 Å². The number of fused-ring (bicyclic) bond motifs is 1. The Morgan fingerprint density at radius 1 is 0.941 bits per heavy atom. The minimum absolute atomic E-state index is 0.159. The summed E-state index contributed by atoms with van der Waals surface area (Å²) >= 11 is 0. The molecule has 0 bridgehead atoms. The van der Waals surface area contributed by atoms with E-state index in [1.807, 2.05) is 6.07 Å². The van der Waals surface area contributed by atoms with Crippen molar-refractivity contribution in [2.45, 2.75) is 37.6 Å².